The Labute approximate surface area is 108 Å². The lowest BCUT2D eigenvalue weighted by molar-refractivity contribution is 1.16. The molecule has 0 aliphatic carbocycles. The Morgan fingerprint density at radius 3 is 2.00 bits per heavy atom. The molecule has 0 saturated carbocycles. The smallest absolute Gasteiger partial charge is 0.147 e. The van der Waals surface area contributed by atoms with E-state index in [1.165, 1.54) is 11.9 Å². The molecular weight excluding hydrogens is 238 g/mol. The van der Waals surface area contributed by atoms with Crippen LogP contribution in [-0.4, -0.2) is 22.5 Å². The molecule has 0 aliphatic heterocycles. The lowest BCUT2D eigenvalue weighted by Gasteiger charge is -2.40. The molecule has 0 atom stereocenters. The first-order valence-electron chi connectivity index (χ1n) is 6.22. The van der Waals surface area contributed by atoms with Crippen molar-refractivity contribution < 1.29 is 0 Å². The molecule has 0 aromatic heterocycles. The van der Waals surface area contributed by atoms with Crippen LogP contribution >= 0.6 is 0 Å². The van der Waals surface area contributed by atoms with Crippen LogP contribution in [0.5, 0.6) is 0 Å². The van der Waals surface area contributed by atoms with E-state index in [2.05, 4.69) is 79.9 Å². The molecule has 1 nitrogen and oxygen atoms in total. The summed E-state index contributed by atoms with van der Waals surface area (Å²) in [6, 6.07) is 10.8. The van der Waals surface area contributed by atoms with Gasteiger partial charge in [-0.25, -0.2) is 0 Å². The van der Waals surface area contributed by atoms with Gasteiger partial charge in [0.25, 0.3) is 0 Å². The molecule has 0 saturated heterocycles. The lowest BCUT2D eigenvalue weighted by Crippen LogP contribution is -2.53. The summed E-state index contributed by atoms with van der Waals surface area (Å²) < 4.78 is 2.64. The SMILES string of the molecule is C=C[Si](C)(C)CN(c1ccccc1)[Si](C)(C)C. The fourth-order valence-corrected chi connectivity index (χ4v) is 6.97. The molecule has 0 aliphatic rings. The summed E-state index contributed by atoms with van der Waals surface area (Å²) in [6.07, 6.45) is 1.18. The molecule has 0 unspecified atom stereocenters. The maximum absolute atomic E-state index is 4.01. The lowest BCUT2D eigenvalue weighted by atomic mass is 10.3. The van der Waals surface area contributed by atoms with Crippen molar-refractivity contribution in [3.8, 4) is 0 Å². The van der Waals surface area contributed by atoms with Crippen LogP contribution in [0.15, 0.2) is 42.6 Å². The minimum Gasteiger partial charge on any atom is -0.400 e. The van der Waals surface area contributed by atoms with Crippen molar-refractivity contribution in [3.05, 3.63) is 42.6 Å². The van der Waals surface area contributed by atoms with Gasteiger partial charge in [0.15, 0.2) is 0 Å². The van der Waals surface area contributed by atoms with Gasteiger partial charge in [-0.2, -0.15) is 0 Å². The van der Waals surface area contributed by atoms with Gasteiger partial charge in [-0.05, 0) is 12.1 Å². The first kappa shape index (κ1) is 14.3. The van der Waals surface area contributed by atoms with Gasteiger partial charge >= 0.3 is 0 Å². The Kier molecular flexibility index (Phi) is 4.39. The van der Waals surface area contributed by atoms with E-state index in [4.69, 9.17) is 0 Å². The van der Waals surface area contributed by atoms with Crippen molar-refractivity contribution in [3.63, 3.8) is 0 Å². The highest BCUT2D eigenvalue weighted by atomic mass is 28.3. The Hall–Kier alpha value is -0.806. The summed E-state index contributed by atoms with van der Waals surface area (Å²) in [5.41, 5.74) is 3.57. The highest BCUT2D eigenvalue weighted by Crippen LogP contribution is 2.23. The second-order valence-electron chi connectivity index (χ2n) is 6.29. The number of benzene rings is 1. The molecule has 1 rings (SSSR count). The van der Waals surface area contributed by atoms with Crippen LogP contribution in [0, 0.1) is 0 Å². The van der Waals surface area contributed by atoms with Gasteiger partial charge in [0, 0.05) is 11.9 Å². The number of nitrogens with zero attached hydrogens (tertiary/aromatic N) is 1. The number of hydrogen-bond acceptors (Lipinski definition) is 1. The molecule has 0 bridgehead atoms. The van der Waals surface area contributed by atoms with Crippen molar-refractivity contribution in [1.82, 2.24) is 0 Å². The average Bonchev–Trinajstić information content (AvgIpc) is 2.26. The van der Waals surface area contributed by atoms with Crippen LogP contribution in [0.25, 0.3) is 0 Å². The molecule has 0 amide bonds. The van der Waals surface area contributed by atoms with Crippen LogP contribution in [0.2, 0.25) is 32.7 Å². The van der Waals surface area contributed by atoms with Crippen molar-refractivity contribution in [1.29, 1.82) is 0 Å². The third kappa shape index (κ3) is 4.17. The van der Waals surface area contributed by atoms with E-state index in [0.29, 0.717) is 0 Å². The average molecular weight is 264 g/mol. The summed E-state index contributed by atoms with van der Waals surface area (Å²) in [5.74, 6) is 0. The highest BCUT2D eigenvalue weighted by Gasteiger charge is 2.29. The van der Waals surface area contributed by atoms with Crippen molar-refractivity contribution in [2.45, 2.75) is 32.7 Å². The zero-order chi connectivity index (χ0) is 13.1. The minimum absolute atomic E-state index is 1.18. The number of rotatable bonds is 5. The van der Waals surface area contributed by atoms with E-state index in [-0.39, 0.29) is 0 Å². The largest absolute Gasteiger partial charge is 0.400 e. The van der Waals surface area contributed by atoms with E-state index in [0.717, 1.165) is 0 Å². The third-order valence-electron chi connectivity index (χ3n) is 3.00. The quantitative estimate of drug-likeness (QED) is 0.716. The fraction of sp³-hybridized carbons (Fsp3) is 0.429. The van der Waals surface area contributed by atoms with Gasteiger partial charge in [0.1, 0.15) is 8.24 Å². The normalized spacial score (nSPS) is 12.3. The maximum Gasteiger partial charge on any atom is 0.147 e. The topological polar surface area (TPSA) is 3.24 Å². The second-order valence-corrected chi connectivity index (χ2v) is 15.9. The molecular formula is C14H25NSi2. The molecule has 0 N–H and O–H groups in total. The molecule has 1 aromatic carbocycles. The van der Waals surface area contributed by atoms with E-state index >= 15 is 0 Å². The Morgan fingerprint density at radius 2 is 1.59 bits per heavy atom. The molecule has 1 aromatic rings. The number of hydrogen-bond donors (Lipinski definition) is 0. The molecule has 3 heteroatoms. The van der Waals surface area contributed by atoms with Gasteiger partial charge in [-0.1, -0.05) is 50.9 Å². The molecule has 0 radical (unpaired) electrons. The Bertz CT molecular complexity index is 366. The molecule has 94 valence electrons. The van der Waals surface area contributed by atoms with Gasteiger partial charge < -0.3 is 4.57 Å². The molecule has 0 spiro atoms. The fourth-order valence-electron chi connectivity index (χ4n) is 1.80. The van der Waals surface area contributed by atoms with Crippen LogP contribution in [0.4, 0.5) is 5.69 Å². The van der Waals surface area contributed by atoms with Crippen molar-refractivity contribution in [2.24, 2.45) is 0 Å². The predicted octanol–water partition coefficient (Wildman–Crippen LogP) is 4.30. The minimum atomic E-state index is -1.33. The van der Waals surface area contributed by atoms with Gasteiger partial charge in [0.05, 0.1) is 8.07 Å². The monoisotopic (exact) mass is 263 g/mol. The molecule has 17 heavy (non-hydrogen) atoms. The standard InChI is InChI=1S/C14H25NSi2/c1-7-17(5,6)13-15(16(2,3)4)14-11-9-8-10-12-14/h7-12H,1,13H2,2-6H3. The molecule has 0 heterocycles. The first-order valence-corrected chi connectivity index (χ1v) is 13.0. The van der Waals surface area contributed by atoms with Gasteiger partial charge in [0.2, 0.25) is 0 Å². The van der Waals surface area contributed by atoms with Crippen molar-refractivity contribution in [2.75, 3.05) is 10.7 Å². The van der Waals surface area contributed by atoms with Gasteiger partial charge in [-0.3, -0.25) is 0 Å². The third-order valence-corrected chi connectivity index (χ3v) is 7.58. The summed E-state index contributed by atoms with van der Waals surface area (Å²) in [6.45, 7) is 16.0. The van der Waals surface area contributed by atoms with E-state index in [1.54, 1.807) is 0 Å². The summed E-state index contributed by atoms with van der Waals surface area (Å²) in [4.78, 5) is 0. The maximum atomic E-state index is 4.01. The first-order chi connectivity index (χ1) is 7.76. The van der Waals surface area contributed by atoms with Crippen LogP contribution in [-0.2, 0) is 0 Å². The molecule has 0 fully saturated rings. The van der Waals surface area contributed by atoms with Crippen LogP contribution in [0.1, 0.15) is 0 Å². The van der Waals surface area contributed by atoms with Crippen molar-refractivity contribution >= 4 is 22.0 Å². The summed E-state index contributed by atoms with van der Waals surface area (Å²) in [5, 5.41) is 0. The summed E-state index contributed by atoms with van der Waals surface area (Å²) >= 11 is 0. The predicted molar refractivity (Wildman–Crippen MR) is 84.8 cm³/mol. The Balaban J connectivity index is 3.03. The summed E-state index contributed by atoms with van der Waals surface area (Å²) in [7, 11) is -2.64. The zero-order valence-corrected chi connectivity index (χ0v) is 13.8. The number of para-hydroxylation sites is 1. The number of anilines is 1. The van der Waals surface area contributed by atoms with E-state index < -0.39 is 16.3 Å². The van der Waals surface area contributed by atoms with Crippen LogP contribution in [0.3, 0.4) is 0 Å². The zero-order valence-electron chi connectivity index (χ0n) is 11.8. The van der Waals surface area contributed by atoms with E-state index in [1.807, 2.05) is 0 Å². The van der Waals surface area contributed by atoms with Gasteiger partial charge in [-0.15, -0.1) is 12.3 Å². The van der Waals surface area contributed by atoms with Crippen LogP contribution < -0.4 is 4.57 Å². The second kappa shape index (κ2) is 5.23. The highest BCUT2D eigenvalue weighted by molar-refractivity contribution is 6.87. The Morgan fingerprint density at radius 1 is 1.06 bits per heavy atom. The van der Waals surface area contributed by atoms with E-state index in [9.17, 15) is 0 Å².